The van der Waals surface area contributed by atoms with Crippen LogP contribution in [0.15, 0.2) is 72.8 Å². The first-order valence-electron chi connectivity index (χ1n) is 15.5. The van der Waals surface area contributed by atoms with E-state index in [1.54, 1.807) is 0 Å². The molecular weight excluding hydrogens is 546 g/mol. The molecule has 0 amide bonds. The largest absolute Gasteiger partial charge is 0.505 e. The van der Waals surface area contributed by atoms with Gasteiger partial charge in [-0.25, -0.2) is 0 Å². The molecule has 0 unspecified atom stereocenters. The molecule has 3 heteroatoms. The SMILES string of the molecule is CC(C)(C)CC(C)(C)c1ccc(-n2c3ccc(C(C)(C)C)cc3c3cc(C(C)(C)C)ccc32)c(O)c1-c1cccc(Cl)c1. The minimum atomic E-state index is -0.185. The van der Waals surface area contributed by atoms with Gasteiger partial charge < -0.3 is 9.67 Å². The molecule has 0 aliphatic carbocycles. The van der Waals surface area contributed by atoms with Crippen molar-refractivity contribution in [3.8, 4) is 22.6 Å². The molecule has 0 saturated heterocycles. The zero-order valence-corrected chi connectivity index (χ0v) is 28.7. The first-order valence-corrected chi connectivity index (χ1v) is 15.9. The maximum Gasteiger partial charge on any atom is 0.147 e. The van der Waals surface area contributed by atoms with Crippen molar-refractivity contribution in [3.05, 3.63) is 94.5 Å². The lowest BCUT2D eigenvalue weighted by molar-refractivity contribution is 0.284. The van der Waals surface area contributed by atoms with Crippen LogP contribution in [-0.2, 0) is 16.2 Å². The number of fused-ring (bicyclic) bond motifs is 3. The minimum absolute atomic E-state index is 0.0203. The van der Waals surface area contributed by atoms with Gasteiger partial charge in [0, 0.05) is 21.4 Å². The van der Waals surface area contributed by atoms with Crippen LogP contribution in [0.2, 0.25) is 5.02 Å². The lowest BCUT2D eigenvalue weighted by Crippen LogP contribution is -2.25. The zero-order chi connectivity index (χ0) is 31.7. The summed E-state index contributed by atoms with van der Waals surface area (Å²) in [6.45, 7) is 24.9. The quantitative estimate of drug-likeness (QED) is 0.220. The monoisotopic (exact) mass is 593 g/mol. The Hall–Kier alpha value is -3.23. The Bertz CT molecular complexity index is 1760. The number of benzene rings is 4. The van der Waals surface area contributed by atoms with Crippen molar-refractivity contribution >= 4 is 33.4 Å². The van der Waals surface area contributed by atoms with Gasteiger partial charge in [-0.2, -0.15) is 0 Å². The molecule has 2 nitrogen and oxygen atoms in total. The molecule has 5 aromatic rings. The number of halogens is 1. The Morgan fingerprint density at radius 3 is 1.65 bits per heavy atom. The molecule has 0 radical (unpaired) electrons. The summed E-state index contributed by atoms with van der Waals surface area (Å²) in [5, 5.41) is 15.4. The van der Waals surface area contributed by atoms with E-state index in [1.807, 2.05) is 18.2 Å². The van der Waals surface area contributed by atoms with E-state index in [0.717, 1.165) is 39.8 Å². The van der Waals surface area contributed by atoms with Gasteiger partial charge in [-0.3, -0.25) is 0 Å². The summed E-state index contributed by atoms with van der Waals surface area (Å²) in [7, 11) is 0. The highest BCUT2D eigenvalue weighted by molar-refractivity contribution is 6.30. The molecule has 1 heterocycles. The second kappa shape index (κ2) is 10.4. The van der Waals surface area contributed by atoms with Gasteiger partial charge in [-0.15, -0.1) is 0 Å². The summed E-state index contributed by atoms with van der Waals surface area (Å²) in [4.78, 5) is 0. The maximum absolute atomic E-state index is 12.4. The zero-order valence-electron chi connectivity index (χ0n) is 27.9. The number of phenols is 1. The summed E-state index contributed by atoms with van der Waals surface area (Å²) in [6, 6.07) is 25.8. The smallest absolute Gasteiger partial charge is 0.147 e. The van der Waals surface area contributed by atoms with Crippen molar-refractivity contribution in [1.82, 2.24) is 4.57 Å². The summed E-state index contributed by atoms with van der Waals surface area (Å²) in [6.07, 6.45) is 0.965. The topological polar surface area (TPSA) is 25.2 Å². The number of hydrogen-bond acceptors (Lipinski definition) is 1. The first-order chi connectivity index (χ1) is 19.8. The summed E-state index contributed by atoms with van der Waals surface area (Å²) >= 11 is 6.53. The van der Waals surface area contributed by atoms with Gasteiger partial charge in [0.2, 0.25) is 0 Å². The molecule has 0 aliphatic rings. The fourth-order valence-electron chi connectivity index (χ4n) is 6.90. The molecule has 0 spiro atoms. The molecule has 5 rings (SSSR count). The lowest BCUT2D eigenvalue weighted by Gasteiger charge is -2.35. The van der Waals surface area contributed by atoms with E-state index in [-0.39, 0.29) is 27.4 Å². The standard InChI is InChI=1S/C40H48ClNO/c1-37(2,3)24-40(10,11)31-17-20-34(36(43)35(31)25-13-12-14-28(41)21-25)42-32-18-15-26(38(4,5)6)22-29(32)30-23-27(39(7,8)9)16-19-33(30)42/h12-23,43H,24H2,1-11H3. The van der Waals surface area contributed by atoms with Crippen LogP contribution in [0.1, 0.15) is 99.3 Å². The van der Waals surface area contributed by atoms with Crippen LogP contribution in [0.4, 0.5) is 0 Å². The second-order valence-electron chi connectivity index (χ2n) is 16.3. The van der Waals surface area contributed by atoms with Crippen molar-refractivity contribution in [1.29, 1.82) is 0 Å². The minimum Gasteiger partial charge on any atom is -0.505 e. The Morgan fingerprint density at radius 2 is 1.19 bits per heavy atom. The predicted octanol–water partition coefficient (Wildman–Crippen LogP) is 12.1. The van der Waals surface area contributed by atoms with Gasteiger partial charge in [0.1, 0.15) is 5.75 Å². The number of aromatic hydroxyl groups is 1. The third-order valence-corrected chi connectivity index (χ3v) is 8.94. The molecule has 0 atom stereocenters. The van der Waals surface area contributed by atoms with E-state index in [9.17, 15) is 5.11 Å². The van der Waals surface area contributed by atoms with E-state index >= 15 is 0 Å². The van der Waals surface area contributed by atoms with E-state index in [4.69, 9.17) is 11.6 Å². The van der Waals surface area contributed by atoms with E-state index < -0.39 is 0 Å². The van der Waals surface area contributed by atoms with E-state index in [0.29, 0.717) is 5.02 Å². The summed E-state index contributed by atoms with van der Waals surface area (Å²) in [5.74, 6) is 0.278. The summed E-state index contributed by atoms with van der Waals surface area (Å²) in [5.41, 5.74) is 8.41. The molecular formula is C40H48ClNO. The van der Waals surface area contributed by atoms with Crippen LogP contribution in [0, 0.1) is 5.41 Å². The highest BCUT2D eigenvalue weighted by atomic mass is 35.5. The fraction of sp³-hybridized carbons (Fsp3) is 0.400. The molecule has 43 heavy (non-hydrogen) atoms. The highest BCUT2D eigenvalue weighted by Crippen LogP contribution is 2.48. The van der Waals surface area contributed by atoms with Crippen LogP contribution in [0.5, 0.6) is 5.75 Å². The average Bonchev–Trinajstić information content (AvgIpc) is 3.19. The van der Waals surface area contributed by atoms with E-state index in [2.05, 4.69) is 135 Å². The summed E-state index contributed by atoms with van der Waals surface area (Å²) < 4.78 is 2.24. The van der Waals surface area contributed by atoms with Gasteiger partial charge in [0.15, 0.2) is 0 Å². The number of phenolic OH excluding ortho intramolecular Hbond substituents is 1. The third kappa shape index (κ3) is 5.96. The van der Waals surface area contributed by atoms with Crippen LogP contribution in [-0.4, -0.2) is 9.67 Å². The molecule has 0 aliphatic heterocycles. The molecule has 226 valence electrons. The maximum atomic E-state index is 12.4. The van der Waals surface area contributed by atoms with Gasteiger partial charge in [-0.05, 0) is 92.8 Å². The Balaban J connectivity index is 1.88. The van der Waals surface area contributed by atoms with Crippen LogP contribution < -0.4 is 0 Å². The molecule has 1 aromatic heterocycles. The highest BCUT2D eigenvalue weighted by Gasteiger charge is 2.32. The predicted molar refractivity (Wildman–Crippen MR) is 187 cm³/mol. The molecule has 0 bridgehead atoms. The van der Waals surface area contributed by atoms with Gasteiger partial charge >= 0.3 is 0 Å². The third-order valence-electron chi connectivity index (χ3n) is 8.71. The average molecular weight is 594 g/mol. The van der Waals surface area contributed by atoms with Crippen LogP contribution in [0.25, 0.3) is 38.6 Å². The van der Waals surface area contributed by atoms with Crippen LogP contribution in [0.3, 0.4) is 0 Å². The second-order valence-corrected chi connectivity index (χ2v) is 16.7. The van der Waals surface area contributed by atoms with Gasteiger partial charge in [-0.1, -0.05) is 118 Å². The molecule has 0 saturated carbocycles. The van der Waals surface area contributed by atoms with Gasteiger partial charge in [0.25, 0.3) is 0 Å². The van der Waals surface area contributed by atoms with Crippen LogP contribution >= 0.6 is 11.6 Å². The van der Waals surface area contributed by atoms with Crippen molar-refractivity contribution in [2.24, 2.45) is 5.41 Å². The molecule has 4 aromatic carbocycles. The van der Waals surface area contributed by atoms with Crippen molar-refractivity contribution in [3.63, 3.8) is 0 Å². The number of hydrogen-bond donors (Lipinski definition) is 1. The van der Waals surface area contributed by atoms with Crippen molar-refractivity contribution in [2.75, 3.05) is 0 Å². The van der Waals surface area contributed by atoms with Gasteiger partial charge in [0.05, 0.1) is 16.7 Å². The lowest BCUT2D eigenvalue weighted by atomic mass is 9.70. The Morgan fingerprint density at radius 1 is 0.651 bits per heavy atom. The normalized spacial score (nSPS) is 13.3. The first kappa shape index (κ1) is 31.2. The number of nitrogens with zero attached hydrogens (tertiary/aromatic N) is 1. The fourth-order valence-corrected chi connectivity index (χ4v) is 7.09. The number of rotatable bonds is 4. The molecule has 0 fully saturated rings. The van der Waals surface area contributed by atoms with E-state index in [1.165, 1.54) is 21.9 Å². The van der Waals surface area contributed by atoms with Crippen molar-refractivity contribution in [2.45, 2.75) is 98.8 Å². The van der Waals surface area contributed by atoms with Crippen molar-refractivity contribution < 1.29 is 5.11 Å². The Kier molecular flexibility index (Phi) is 7.58. The molecule has 1 N–H and O–H groups in total. The Labute approximate surface area is 263 Å². The number of aromatic nitrogens is 1.